The summed E-state index contributed by atoms with van der Waals surface area (Å²) in [5.41, 5.74) is 2.13. The van der Waals surface area contributed by atoms with Gasteiger partial charge in [0.25, 0.3) is 10.0 Å². The summed E-state index contributed by atoms with van der Waals surface area (Å²) < 4.78 is 51.0. The molecule has 0 spiro atoms. The average molecular weight is 523 g/mol. The van der Waals surface area contributed by atoms with Gasteiger partial charge in [-0.1, -0.05) is 6.92 Å². The van der Waals surface area contributed by atoms with Crippen molar-refractivity contribution < 1.29 is 16.8 Å². The van der Waals surface area contributed by atoms with Crippen LogP contribution in [0.2, 0.25) is 0 Å². The second-order valence-corrected chi connectivity index (χ2v) is 10.4. The van der Waals surface area contributed by atoms with Crippen LogP contribution in [0, 0.1) is 48.9 Å². The number of hydrogen-bond donors (Lipinski definition) is 3. The molecule has 3 aromatic rings. The zero-order valence-corrected chi connectivity index (χ0v) is 20.6. The summed E-state index contributed by atoms with van der Waals surface area (Å²) >= 11 is 0. The predicted molar refractivity (Wildman–Crippen MR) is 132 cm³/mol. The van der Waals surface area contributed by atoms with Crippen molar-refractivity contribution in [2.45, 2.75) is 24.7 Å². The predicted octanol–water partition coefficient (Wildman–Crippen LogP) is 2.20. The number of terminal acetylenes is 1. The Hall–Kier alpha value is -4.44. The third kappa shape index (κ3) is 6.16. The first-order valence-corrected chi connectivity index (χ1v) is 13.0. The summed E-state index contributed by atoms with van der Waals surface area (Å²) in [5.74, 6) is 8.29. The number of nitrogens with zero attached hydrogens (tertiary/aromatic N) is 5. The minimum atomic E-state index is -3.97. The fourth-order valence-electron chi connectivity index (χ4n) is 2.90. The van der Waals surface area contributed by atoms with E-state index in [4.69, 9.17) is 18.1 Å². The van der Waals surface area contributed by atoms with Crippen molar-refractivity contribution in [2.24, 2.45) is 15.4 Å². The Labute approximate surface area is 207 Å². The van der Waals surface area contributed by atoms with Crippen molar-refractivity contribution in [2.75, 3.05) is 6.54 Å². The van der Waals surface area contributed by atoms with Gasteiger partial charge in [0.2, 0.25) is 15.7 Å². The van der Waals surface area contributed by atoms with E-state index in [-0.39, 0.29) is 28.7 Å². The van der Waals surface area contributed by atoms with Crippen LogP contribution in [0.5, 0.6) is 0 Å². The molecule has 0 saturated carbocycles. The fourth-order valence-corrected chi connectivity index (χ4v) is 4.16. The van der Waals surface area contributed by atoms with E-state index in [1.807, 2.05) is 11.2 Å². The molecule has 3 rings (SSSR count). The Morgan fingerprint density at radius 1 is 1.28 bits per heavy atom. The first-order chi connectivity index (χ1) is 16.9. The van der Waals surface area contributed by atoms with E-state index in [0.717, 1.165) is 6.07 Å². The molecule has 0 fully saturated rings. The summed E-state index contributed by atoms with van der Waals surface area (Å²) in [6, 6.07) is 3.70. The third-order valence-electron chi connectivity index (χ3n) is 4.70. The first-order valence-electron chi connectivity index (χ1n) is 9.96. The van der Waals surface area contributed by atoms with E-state index in [2.05, 4.69) is 47.6 Å². The van der Waals surface area contributed by atoms with Gasteiger partial charge in [-0.15, -0.1) is 11.5 Å². The Bertz CT molecular complexity index is 1800. The Morgan fingerprint density at radius 2 is 2.03 bits per heavy atom. The quantitative estimate of drug-likeness (QED) is 0.245. The number of azo groups is 1. The molecule has 2 aromatic heterocycles. The van der Waals surface area contributed by atoms with Crippen molar-refractivity contribution in [3.63, 3.8) is 0 Å². The van der Waals surface area contributed by atoms with Gasteiger partial charge in [0.1, 0.15) is 0 Å². The number of nitrogens with one attached hydrogen (secondary N) is 2. The van der Waals surface area contributed by atoms with Gasteiger partial charge in [-0.25, -0.2) is 32.6 Å². The van der Waals surface area contributed by atoms with Crippen LogP contribution >= 0.6 is 0 Å². The maximum atomic E-state index is 12.0. The summed E-state index contributed by atoms with van der Waals surface area (Å²) in [7, 11) is -7.85. The van der Waals surface area contributed by atoms with Crippen LogP contribution in [0.4, 0.5) is 17.1 Å². The van der Waals surface area contributed by atoms with Crippen molar-refractivity contribution in [1.82, 2.24) is 19.3 Å². The lowest BCUT2D eigenvalue weighted by Crippen LogP contribution is -2.26. The van der Waals surface area contributed by atoms with Gasteiger partial charge >= 0.3 is 0 Å². The highest BCUT2D eigenvalue weighted by atomic mass is 32.2. The Kier molecular flexibility index (Phi) is 7.59. The van der Waals surface area contributed by atoms with Gasteiger partial charge in [-0.05, 0) is 37.0 Å². The number of sulfonamides is 2. The molecule has 0 radical (unpaired) electrons. The molecule has 0 saturated heterocycles. The van der Waals surface area contributed by atoms with Crippen LogP contribution in [0.1, 0.15) is 24.2 Å². The van der Waals surface area contributed by atoms with E-state index in [9.17, 15) is 16.8 Å². The topological polar surface area (TPSA) is 168 Å². The number of H-pyrrole nitrogens is 1. The van der Waals surface area contributed by atoms with E-state index in [1.54, 1.807) is 24.6 Å². The maximum absolute atomic E-state index is 12.0. The lowest BCUT2D eigenvalue weighted by Gasteiger charge is -2.07. The van der Waals surface area contributed by atoms with Crippen LogP contribution < -0.4 is 9.86 Å². The van der Waals surface area contributed by atoms with Gasteiger partial charge in [-0.2, -0.15) is 13.5 Å². The molecule has 1 unspecified atom stereocenters. The molecule has 12 nitrogen and oxygen atoms in total. The molecule has 1 aromatic carbocycles. The monoisotopic (exact) mass is 522 g/mol. The largest absolute Gasteiger partial charge is 0.295 e. The van der Waals surface area contributed by atoms with Crippen LogP contribution in [-0.2, 0) is 20.0 Å². The third-order valence-corrected chi connectivity index (χ3v) is 6.53. The van der Waals surface area contributed by atoms with Crippen molar-refractivity contribution in [1.29, 1.82) is 0 Å². The number of primary sulfonamides is 1. The molecule has 36 heavy (non-hydrogen) atoms. The van der Waals surface area contributed by atoms with Crippen molar-refractivity contribution in [3.8, 4) is 35.4 Å². The average Bonchev–Trinajstić information content (AvgIpc) is 3.35. The standard InChI is InChI=1S/C22H18N8O4S2/c1-5-6-7-8-11-35(31,32)25-13-15(2)20-14-30-22(26-20)21(16(3)29-30)28-27-18-10-9-17(36(23,33)34)12-19(18)24-4/h1,9-10,12,14-15,25,29H,13H2,2-3H3,(H2,23,33,34). The van der Waals surface area contributed by atoms with E-state index < -0.39 is 20.0 Å². The SMILES string of the molecule is [C-]#[N+]c1cc(S(N)(=O)=O)ccc1N=Nc1c(C)[nH]n2cc(C(C)CNS(=O)(=O)C#CC#CC#C)nc12. The molecule has 0 aliphatic heterocycles. The highest BCUT2D eigenvalue weighted by Crippen LogP contribution is 2.33. The molecular formula is C22H18N8O4S2. The lowest BCUT2D eigenvalue weighted by atomic mass is 10.1. The zero-order chi connectivity index (χ0) is 26.5. The minimum absolute atomic E-state index is 0.0281. The number of hydrogen-bond acceptors (Lipinski definition) is 7. The number of imidazole rings is 1. The van der Waals surface area contributed by atoms with E-state index >= 15 is 0 Å². The summed E-state index contributed by atoms with van der Waals surface area (Å²) in [6.07, 6.45) is 6.64. The molecule has 0 aliphatic rings. The van der Waals surface area contributed by atoms with Crippen LogP contribution in [0.15, 0.2) is 39.5 Å². The number of aromatic nitrogens is 3. The van der Waals surface area contributed by atoms with Gasteiger partial charge in [-0.3, -0.25) is 5.10 Å². The normalized spacial score (nSPS) is 12.2. The van der Waals surface area contributed by atoms with Crippen LogP contribution in [-0.4, -0.2) is 38.0 Å². The maximum Gasteiger partial charge on any atom is 0.281 e. The fraction of sp³-hybridized carbons (Fsp3) is 0.182. The molecule has 2 heterocycles. The van der Waals surface area contributed by atoms with Crippen molar-refractivity contribution >= 4 is 42.8 Å². The Morgan fingerprint density at radius 3 is 2.69 bits per heavy atom. The summed E-state index contributed by atoms with van der Waals surface area (Å²) in [5, 5.41) is 18.5. The minimum Gasteiger partial charge on any atom is -0.295 e. The second-order valence-electron chi connectivity index (χ2n) is 7.33. The molecule has 14 heteroatoms. The number of fused-ring (bicyclic) bond motifs is 1. The molecular weight excluding hydrogens is 504 g/mol. The number of nitrogens with two attached hydrogens (primary N) is 1. The summed E-state index contributed by atoms with van der Waals surface area (Å²) in [4.78, 5) is 7.61. The highest BCUT2D eigenvalue weighted by Gasteiger charge is 2.18. The highest BCUT2D eigenvalue weighted by molar-refractivity contribution is 7.94. The van der Waals surface area contributed by atoms with Crippen LogP contribution in [0.3, 0.4) is 0 Å². The zero-order valence-electron chi connectivity index (χ0n) is 18.9. The lowest BCUT2D eigenvalue weighted by molar-refractivity contribution is 0.584. The number of aryl methyl sites for hydroxylation is 1. The van der Waals surface area contributed by atoms with Gasteiger partial charge < -0.3 is 0 Å². The number of benzene rings is 1. The van der Waals surface area contributed by atoms with Gasteiger partial charge in [0.15, 0.2) is 11.3 Å². The number of aromatic amines is 1. The molecule has 182 valence electrons. The second kappa shape index (κ2) is 10.4. The summed E-state index contributed by atoms with van der Waals surface area (Å²) in [6.45, 7) is 10.9. The molecule has 0 aliphatic carbocycles. The first kappa shape index (κ1) is 26.2. The van der Waals surface area contributed by atoms with E-state index in [0.29, 0.717) is 22.7 Å². The van der Waals surface area contributed by atoms with Gasteiger partial charge in [0.05, 0.1) is 40.0 Å². The molecule has 1 atom stereocenters. The molecule has 0 amide bonds. The van der Waals surface area contributed by atoms with Crippen LogP contribution in [0.25, 0.3) is 10.5 Å². The van der Waals surface area contributed by atoms with Gasteiger partial charge in [0, 0.05) is 24.3 Å². The van der Waals surface area contributed by atoms with Crippen molar-refractivity contribution in [3.05, 3.63) is 47.2 Å². The van der Waals surface area contributed by atoms with E-state index in [1.165, 1.54) is 12.1 Å². The Balaban J connectivity index is 1.84. The smallest absolute Gasteiger partial charge is 0.281 e. The molecule has 0 bridgehead atoms. The number of rotatable bonds is 7. The molecule has 4 N–H and O–H groups in total.